The summed E-state index contributed by atoms with van der Waals surface area (Å²) in [5, 5.41) is 11.2. The van der Waals surface area contributed by atoms with Crippen molar-refractivity contribution in [1.82, 2.24) is 4.98 Å². The van der Waals surface area contributed by atoms with E-state index in [0.717, 1.165) is 21.5 Å². The van der Waals surface area contributed by atoms with E-state index in [4.69, 9.17) is 9.47 Å². The summed E-state index contributed by atoms with van der Waals surface area (Å²) in [5.74, 6) is 1.50. The second-order valence-electron chi connectivity index (χ2n) is 4.56. The van der Waals surface area contributed by atoms with Crippen LogP contribution in [0.25, 0.3) is 10.2 Å². The molecule has 1 atom stereocenters. The van der Waals surface area contributed by atoms with E-state index in [1.54, 1.807) is 14.2 Å². The van der Waals surface area contributed by atoms with E-state index in [1.807, 2.05) is 42.5 Å². The molecule has 21 heavy (non-hydrogen) atoms. The van der Waals surface area contributed by atoms with Gasteiger partial charge in [-0.2, -0.15) is 0 Å². The van der Waals surface area contributed by atoms with Crippen LogP contribution in [0.1, 0.15) is 16.7 Å². The molecular formula is C16H15NO3S. The van der Waals surface area contributed by atoms with Crippen LogP contribution in [0.15, 0.2) is 42.5 Å². The van der Waals surface area contributed by atoms with Crippen molar-refractivity contribution in [2.45, 2.75) is 6.10 Å². The number of nitrogens with zero attached hydrogens (tertiary/aromatic N) is 1. The van der Waals surface area contributed by atoms with E-state index in [1.165, 1.54) is 11.3 Å². The molecule has 4 nitrogen and oxygen atoms in total. The first-order chi connectivity index (χ1) is 10.2. The molecule has 0 spiro atoms. The number of benzene rings is 2. The third kappa shape index (κ3) is 2.70. The zero-order chi connectivity index (χ0) is 14.8. The predicted octanol–water partition coefficient (Wildman–Crippen LogP) is 3.40. The number of aliphatic hydroxyl groups excluding tert-OH is 1. The molecule has 0 radical (unpaired) electrons. The van der Waals surface area contributed by atoms with Crippen LogP contribution in [-0.4, -0.2) is 24.3 Å². The highest BCUT2D eigenvalue weighted by Crippen LogP contribution is 2.32. The molecule has 1 N–H and O–H groups in total. The first-order valence-corrected chi connectivity index (χ1v) is 7.29. The molecule has 3 rings (SSSR count). The van der Waals surface area contributed by atoms with Gasteiger partial charge >= 0.3 is 0 Å². The predicted molar refractivity (Wildman–Crippen MR) is 83.2 cm³/mol. The summed E-state index contributed by atoms with van der Waals surface area (Å²) < 4.78 is 11.4. The number of methoxy groups -OCH3 is 2. The van der Waals surface area contributed by atoms with Gasteiger partial charge in [0.05, 0.1) is 24.4 Å². The fourth-order valence-electron chi connectivity index (χ4n) is 2.12. The van der Waals surface area contributed by atoms with Gasteiger partial charge in [-0.25, -0.2) is 4.98 Å². The monoisotopic (exact) mass is 301 g/mol. The van der Waals surface area contributed by atoms with E-state index in [2.05, 4.69) is 4.98 Å². The highest BCUT2D eigenvalue weighted by molar-refractivity contribution is 7.18. The number of aromatic nitrogens is 1. The van der Waals surface area contributed by atoms with Gasteiger partial charge < -0.3 is 14.6 Å². The second-order valence-corrected chi connectivity index (χ2v) is 5.63. The van der Waals surface area contributed by atoms with Crippen molar-refractivity contribution in [3.63, 3.8) is 0 Å². The first-order valence-electron chi connectivity index (χ1n) is 6.48. The average Bonchev–Trinajstić information content (AvgIpc) is 2.97. The van der Waals surface area contributed by atoms with Crippen LogP contribution in [0.2, 0.25) is 0 Å². The van der Waals surface area contributed by atoms with Crippen LogP contribution in [-0.2, 0) is 0 Å². The second kappa shape index (κ2) is 5.71. The standard InChI is InChI=1S/C16H15NO3S/c1-19-11-5-3-4-10(8-11)15(18)16-17-13-7-6-12(20-2)9-14(13)21-16/h3-9,15,18H,1-2H3. The summed E-state index contributed by atoms with van der Waals surface area (Å²) in [4.78, 5) is 4.49. The number of rotatable bonds is 4. The Morgan fingerprint density at radius 3 is 2.57 bits per heavy atom. The van der Waals surface area contributed by atoms with E-state index in [0.29, 0.717) is 10.8 Å². The molecule has 5 heteroatoms. The van der Waals surface area contributed by atoms with Crippen LogP contribution < -0.4 is 9.47 Å². The maximum atomic E-state index is 10.5. The van der Waals surface area contributed by atoms with Crippen LogP contribution in [0.5, 0.6) is 11.5 Å². The molecule has 0 aliphatic rings. The van der Waals surface area contributed by atoms with Crippen LogP contribution in [0, 0.1) is 0 Å². The maximum absolute atomic E-state index is 10.5. The molecule has 1 aromatic heterocycles. The van der Waals surface area contributed by atoms with Gasteiger partial charge in [-0.3, -0.25) is 0 Å². The quantitative estimate of drug-likeness (QED) is 0.802. The molecule has 108 valence electrons. The van der Waals surface area contributed by atoms with Gasteiger partial charge in [-0.1, -0.05) is 12.1 Å². The van der Waals surface area contributed by atoms with E-state index in [9.17, 15) is 5.11 Å². The fourth-order valence-corrected chi connectivity index (χ4v) is 3.13. The number of hydrogen-bond acceptors (Lipinski definition) is 5. The molecule has 0 saturated carbocycles. The van der Waals surface area contributed by atoms with Crippen molar-refractivity contribution >= 4 is 21.6 Å². The van der Waals surface area contributed by atoms with Gasteiger partial charge in [-0.05, 0) is 35.9 Å². The Morgan fingerprint density at radius 2 is 1.81 bits per heavy atom. The van der Waals surface area contributed by atoms with E-state index in [-0.39, 0.29) is 0 Å². The van der Waals surface area contributed by atoms with Crippen molar-refractivity contribution in [2.75, 3.05) is 14.2 Å². The Hall–Kier alpha value is -2.11. The lowest BCUT2D eigenvalue weighted by Crippen LogP contribution is -1.99. The number of thiazole rings is 1. The number of hydrogen-bond donors (Lipinski definition) is 1. The van der Waals surface area contributed by atoms with Crippen molar-refractivity contribution in [3.8, 4) is 11.5 Å². The van der Waals surface area contributed by atoms with Crippen molar-refractivity contribution < 1.29 is 14.6 Å². The van der Waals surface area contributed by atoms with Gasteiger partial charge in [0.25, 0.3) is 0 Å². The summed E-state index contributed by atoms with van der Waals surface area (Å²) in [7, 11) is 3.24. The summed E-state index contributed by atoms with van der Waals surface area (Å²) in [6.07, 6.45) is -0.761. The van der Waals surface area contributed by atoms with Gasteiger partial charge in [0.2, 0.25) is 0 Å². The summed E-state index contributed by atoms with van der Waals surface area (Å²) in [6.45, 7) is 0. The van der Waals surface area contributed by atoms with Crippen molar-refractivity contribution in [1.29, 1.82) is 0 Å². The molecule has 0 bridgehead atoms. The minimum Gasteiger partial charge on any atom is -0.497 e. The number of aliphatic hydroxyl groups is 1. The Bertz CT molecular complexity index is 769. The third-order valence-electron chi connectivity index (χ3n) is 3.26. The van der Waals surface area contributed by atoms with Crippen molar-refractivity contribution in [3.05, 3.63) is 53.0 Å². The van der Waals surface area contributed by atoms with Gasteiger partial charge in [0.15, 0.2) is 0 Å². The molecule has 2 aromatic carbocycles. The van der Waals surface area contributed by atoms with Gasteiger partial charge in [0.1, 0.15) is 22.6 Å². The fraction of sp³-hybridized carbons (Fsp3) is 0.188. The minimum atomic E-state index is -0.761. The lowest BCUT2D eigenvalue weighted by Gasteiger charge is -2.09. The molecule has 3 aromatic rings. The number of ether oxygens (including phenoxy) is 2. The van der Waals surface area contributed by atoms with Crippen LogP contribution in [0.4, 0.5) is 0 Å². The topological polar surface area (TPSA) is 51.6 Å². The zero-order valence-electron chi connectivity index (χ0n) is 11.7. The van der Waals surface area contributed by atoms with Crippen LogP contribution >= 0.6 is 11.3 Å². The first kappa shape index (κ1) is 13.9. The number of fused-ring (bicyclic) bond motifs is 1. The largest absolute Gasteiger partial charge is 0.497 e. The summed E-state index contributed by atoms with van der Waals surface area (Å²) in [6, 6.07) is 13.1. The molecule has 0 amide bonds. The van der Waals surface area contributed by atoms with E-state index >= 15 is 0 Å². The average molecular weight is 301 g/mol. The van der Waals surface area contributed by atoms with Gasteiger partial charge in [-0.15, -0.1) is 11.3 Å². The highest BCUT2D eigenvalue weighted by Gasteiger charge is 2.16. The Balaban J connectivity index is 1.98. The molecule has 1 heterocycles. The SMILES string of the molecule is COc1cccc(C(O)c2nc3ccc(OC)cc3s2)c1. The summed E-state index contributed by atoms with van der Waals surface area (Å²) >= 11 is 1.46. The lowest BCUT2D eigenvalue weighted by atomic mass is 10.1. The molecular weight excluding hydrogens is 286 g/mol. The van der Waals surface area contributed by atoms with Gasteiger partial charge in [0, 0.05) is 0 Å². The third-order valence-corrected chi connectivity index (χ3v) is 4.33. The Kier molecular flexibility index (Phi) is 3.77. The highest BCUT2D eigenvalue weighted by atomic mass is 32.1. The molecule has 1 unspecified atom stereocenters. The zero-order valence-corrected chi connectivity index (χ0v) is 12.6. The Morgan fingerprint density at radius 1 is 1.05 bits per heavy atom. The molecule has 0 fully saturated rings. The smallest absolute Gasteiger partial charge is 0.131 e. The van der Waals surface area contributed by atoms with E-state index < -0.39 is 6.10 Å². The maximum Gasteiger partial charge on any atom is 0.131 e. The molecule has 0 aliphatic carbocycles. The van der Waals surface area contributed by atoms with Crippen molar-refractivity contribution in [2.24, 2.45) is 0 Å². The molecule has 0 aliphatic heterocycles. The minimum absolute atomic E-state index is 0.659. The normalized spacial score (nSPS) is 12.3. The molecule has 0 saturated heterocycles. The lowest BCUT2D eigenvalue weighted by molar-refractivity contribution is 0.219. The van der Waals surface area contributed by atoms with Crippen LogP contribution in [0.3, 0.4) is 0 Å². The summed E-state index contributed by atoms with van der Waals surface area (Å²) in [5.41, 5.74) is 1.62. The Labute approximate surface area is 126 Å².